The van der Waals surface area contributed by atoms with Crippen molar-refractivity contribution in [2.24, 2.45) is 0 Å². The van der Waals surface area contributed by atoms with Gasteiger partial charge in [0.25, 0.3) is 0 Å². The van der Waals surface area contributed by atoms with Gasteiger partial charge in [0.15, 0.2) is 5.82 Å². The minimum Gasteiger partial charge on any atom is -0.339 e. The molecule has 21 heavy (non-hydrogen) atoms. The average Bonchev–Trinajstić information content (AvgIpc) is 2.87. The number of rotatable bonds is 4. The molecule has 1 fully saturated rings. The Balaban J connectivity index is 0.00000161. The molecule has 114 valence electrons. The summed E-state index contributed by atoms with van der Waals surface area (Å²) < 4.78 is 18.4. The van der Waals surface area contributed by atoms with E-state index in [9.17, 15) is 4.39 Å². The fraction of sp³-hybridized carbons (Fsp3) is 0.429. The number of halogens is 2. The van der Waals surface area contributed by atoms with Crippen molar-refractivity contribution in [3.8, 4) is 0 Å². The molecule has 3 rings (SSSR count). The minimum atomic E-state index is -0.241. The average molecular weight is 330 g/mol. The lowest BCUT2D eigenvalue weighted by Crippen LogP contribution is -2.38. The van der Waals surface area contributed by atoms with Gasteiger partial charge in [-0.3, -0.25) is 0 Å². The molecule has 4 nitrogen and oxygen atoms in total. The van der Waals surface area contributed by atoms with Gasteiger partial charge in [-0.05, 0) is 17.7 Å². The van der Waals surface area contributed by atoms with Gasteiger partial charge in [0.2, 0.25) is 5.89 Å². The van der Waals surface area contributed by atoms with Crippen molar-refractivity contribution in [2.45, 2.75) is 18.9 Å². The number of nitrogens with zero attached hydrogens (tertiary/aromatic N) is 2. The van der Waals surface area contributed by atoms with Gasteiger partial charge in [-0.25, -0.2) is 4.39 Å². The monoisotopic (exact) mass is 329 g/mol. The van der Waals surface area contributed by atoms with Crippen LogP contribution in [0.5, 0.6) is 0 Å². The SMILES string of the molecule is Cl.Fc1cccc(Cc2noc(CC3CSCCN3)n2)c1. The number of aromatic nitrogens is 2. The smallest absolute Gasteiger partial charge is 0.228 e. The normalized spacial score (nSPS) is 18.2. The zero-order valence-electron chi connectivity index (χ0n) is 11.4. The zero-order valence-corrected chi connectivity index (χ0v) is 13.1. The third kappa shape index (κ3) is 4.69. The quantitative estimate of drug-likeness (QED) is 0.934. The van der Waals surface area contributed by atoms with Crippen LogP contribution in [0.15, 0.2) is 28.8 Å². The maximum atomic E-state index is 13.1. The van der Waals surface area contributed by atoms with Crippen LogP contribution in [0.4, 0.5) is 4.39 Å². The van der Waals surface area contributed by atoms with E-state index >= 15 is 0 Å². The second-order valence-electron chi connectivity index (χ2n) is 4.84. The van der Waals surface area contributed by atoms with E-state index in [4.69, 9.17) is 4.52 Å². The Morgan fingerprint density at radius 1 is 1.43 bits per heavy atom. The Morgan fingerprint density at radius 3 is 3.10 bits per heavy atom. The number of hydrogen-bond acceptors (Lipinski definition) is 5. The topological polar surface area (TPSA) is 51.0 Å². The Hall–Kier alpha value is -1.11. The van der Waals surface area contributed by atoms with Crippen LogP contribution >= 0.6 is 24.2 Å². The predicted molar refractivity (Wildman–Crippen MR) is 83.6 cm³/mol. The Bertz CT molecular complexity index is 575. The fourth-order valence-electron chi connectivity index (χ4n) is 2.24. The standard InChI is InChI=1S/C14H16FN3OS.ClH/c15-11-3-1-2-10(6-11)7-13-17-14(19-18-13)8-12-9-20-5-4-16-12;/h1-3,6,12,16H,4-5,7-9H2;1H. The Morgan fingerprint density at radius 2 is 2.33 bits per heavy atom. The Labute approximate surface area is 133 Å². The van der Waals surface area contributed by atoms with E-state index in [1.807, 2.05) is 17.8 Å². The zero-order chi connectivity index (χ0) is 13.8. The highest BCUT2D eigenvalue weighted by molar-refractivity contribution is 7.99. The molecular weight excluding hydrogens is 313 g/mol. The summed E-state index contributed by atoms with van der Waals surface area (Å²) in [7, 11) is 0. The first-order valence-corrected chi connectivity index (χ1v) is 7.82. The van der Waals surface area contributed by atoms with Gasteiger partial charge in [-0.1, -0.05) is 17.3 Å². The van der Waals surface area contributed by atoms with Crippen LogP contribution in [0.3, 0.4) is 0 Å². The van der Waals surface area contributed by atoms with Crippen LogP contribution in [0.1, 0.15) is 17.3 Å². The van der Waals surface area contributed by atoms with E-state index in [-0.39, 0.29) is 18.2 Å². The molecule has 0 aliphatic carbocycles. The van der Waals surface area contributed by atoms with Crippen molar-refractivity contribution < 1.29 is 8.91 Å². The van der Waals surface area contributed by atoms with Crippen molar-refractivity contribution in [3.63, 3.8) is 0 Å². The first-order valence-electron chi connectivity index (χ1n) is 6.66. The maximum absolute atomic E-state index is 13.1. The molecule has 2 heterocycles. The van der Waals surface area contributed by atoms with Gasteiger partial charge >= 0.3 is 0 Å². The summed E-state index contributed by atoms with van der Waals surface area (Å²) in [4.78, 5) is 4.38. The molecule has 1 aliphatic heterocycles. The van der Waals surface area contributed by atoms with Crippen LogP contribution in [-0.4, -0.2) is 34.2 Å². The van der Waals surface area contributed by atoms with E-state index in [2.05, 4.69) is 15.5 Å². The number of hydrogen-bond donors (Lipinski definition) is 1. The Kier molecular flexibility index (Phi) is 6.02. The molecule has 1 saturated heterocycles. The summed E-state index contributed by atoms with van der Waals surface area (Å²) in [6.45, 7) is 1.03. The summed E-state index contributed by atoms with van der Waals surface area (Å²) in [6.07, 6.45) is 1.25. The largest absolute Gasteiger partial charge is 0.339 e. The summed E-state index contributed by atoms with van der Waals surface area (Å²) in [5.41, 5.74) is 0.851. The molecule has 0 spiro atoms. The first-order chi connectivity index (χ1) is 9.79. The van der Waals surface area contributed by atoms with Crippen molar-refractivity contribution in [2.75, 3.05) is 18.1 Å². The maximum Gasteiger partial charge on any atom is 0.228 e. The molecule has 0 saturated carbocycles. The molecule has 2 aromatic rings. The summed E-state index contributed by atoms with van der Waals surface area (Å²) in [5.74, 6) is 3.24. The van der Waals surface area contributed by atoms with Gasteiger partial charge in [0.1, 0.15) is 5.82 Å². The second kappa shape index (κ2) is 7.77. The molecule has 1 aromatic heterocycles. The van der Waals surface area contributed by atoms with Gasteiger partial charge in [-0.15, -0.1) is 12.4 Å². The van der Waals surface area contributed by atoms with Crippen molar-refractivity contribution in [3.05, 3.63) is 47.4 Å². The van der Waals surface area contributed by atoms with Gasteiger partial charge in [-0.2, -0.15) is 16.7 Å². The molecule has 0 amide bonds. The summed E-state index contributed by atoms with van der Waals surface area (Å²) >= 11 is 1.94. The third-order valence-corrected chi connectivity index (χ3v) is 4.31. The molecule has 1 unspecified atom stereocenters. The lowest BCUT2D eigenvalue weighted by molar-refractivity contribution is 0.359. The van der Waals surface area contributed by atoms with Gasteiger partial charge < -0.3 is 9.84 Å². The predicted octanol–water partition coefficient (Wildman–Crippen LogP) is 2.47. The third-order valence-electron chi connectivity index (χ3n) is 3.18. The van der Waals surface area contributed by atoms with E-state index in [0.29, 0.717) is 24.2 Å². The highest BCUT2D eigenvalue weighted by Crippen LogP contribution is 2.13. The highest BCUT2D eigenvalue weighted by atomic mass is 35.5. The molecule has 7 heteroatoms. The van der Waals surface area contributed by atoms with Crippen molar-refractivity contribution in [1.29, 1.82) is 0 Å². The summed E-state index contributed by atoms with van der Waals surface area (Å²) in [6, 6.07) is 6.87. The van der Waals surface area contributed by atoms with Crippen molar-refractivity contribution >= 4 is 24.2 Å². The highest BCUT2D eigenvalue weighted by Gasteiger charge is 2.17. The molecule has 1 aliphatic rings. The first kappa shape index (κ1) is 16.3. The number of thioether (sulfide) groups is 1. The summed E-state index contributed by atoms with van der Waals surface area (Å²) in [5, 5.41) is 7.40. The fourth-order valence-corrected chi connectivity index (χ4v) is 3.19. The van der Waals surface area contributed by atoms with E-state index < -0.39 is 0 Å². The second-order valence-corrected chi connectivity index (χ2v) is 5.99. The van der Waals surface area contributed by atoms with E-state index in [0.717, 1.165) is 30.0 Å². The van der Waals surface area contributed by atoms with Crippen LogP contribution in [0.2, 0.25) is 0 Å². The molecule has 1 atom stereocenters. The molecule has 0 radical (unpaired) electrons. The number of nitrogens with one attached hydrogen (secondary N) is 1. The van der Waals surface area contributed by atoms with Crippen LogP contribution in [0, 0.1) is 5.82 Å². The van der Waals surface area contributed by atoms with Crippen LogP contribution < -0.4 is 5.32 Å². The molecule has 1 aromatic carbocycles. The van der Waals surface area contributed by atoms with Crippen LogP contribution in [-0.2, 0) is 12.8 Å². The van der Waals surface area contributed by atoms with E-state index in [1.165, 1.54) is 12.1 Å². The minimum absolute atomic E-state index is 0. The van der Waals surface area contributed by atoms with Crippen molar-refractivity contribution in [1.82, 2.24) is 15.5 Å². The van der Waals surface area contributed by atoms with Gasteiger partial charge in [0, 0.05) is 36.9 Å². The van der Waals surface area contributed by atoms with Gasteiger partial charge in [0.05, 0.1) is 0 Å². The lowest BCUT2D eigenvalue weighted by Gasteiger charge is -2.21. The molecule has 0 bridgehead atoms. The molecule has 1 N–H and O–H groups in total. The molecular formula is C14H17ClFN3OS. The van der Waals surface area contributed by atoms with Crippen LogP contribution in [0.25, 0.3) is 0 Å². The van der Waals surface area contributed by atoms with E-state index in [1.54, 1.807) is 6.07 Å². The lowest BCUT2D eigenvalue weighted by atomic mass is 10.1. The number of benzene rings is 1.